The summed E-state index contributed by atoms with van der Waals surface area (Å²) < 4.78 is 13.6. The van der Waals surface area contributed by atoms with Crippen molar-refractivity contribution in [2.24, 2.45) is 0 Å². The first-order valence-electron chi connectivity index (χ1n) is 4.50. The van der Waals surface area contributed by atoms with Crippen molar-refractivity contribution in [2.45, 2.75) is 13.5 Å². The third-order valence-corrected chi connectivity index (χ3v) is 2.07. The molecule has 1 amide bonds. The number of carbonyl (C=O) groups is 1. The van der Waals surface area contributed by atoms with Crippen LogP contribution >= 0.6 is 0 Å². The van der Waals surface area contributed by atoms with Crippen LogP contribution in [0.4, 0.5) is 14.9 Å². The van der Waals surface area contributed by atoms with Crippen molar-refractivity contribution < 1.29 is 19.4 Å². The lowest BCUT2D eigenvalue weighted by Gasteiger charge is -2.18. The molecule has 0 unspecified atom stereocenters. The first kappa shape index (κ1) is 11.5. The Morgan fingerprint density at radius 2 is 2.20 bits per heavy atom. The molecule has 0 spiro atoms. The number of hydrogen-bond donors (Lipinski definition) is 2. The second-order valence-corrected chi connectivity index (χ2v) is 2.94. The molecular formula is C10H12FNO3. The number of aliphatic hydroxyl groups is 1. The molecule has 0 aromatic heterocycles. The van der Waals surface area contributed by atoms with Crippen LogP contribution in [0.1, 0.15) is 12.5 Å². The highest BCUT2D eigenvalue weighted by Crippen LogP contribution is 2.22. The number of anilines is 1. The average molecular weight is 213 g/mol. The summed E-state index contributed by atoms with van der Waals surface area (Å²) in [5, 5.41) is 17.6. The number of hydrogen-bond acceptors (Lipinski definition) is 2. The predicted octanol–water partition coefficient (Wildman–Crippen LogP) is 1.82. The predicted molar refractivity (Wildman–Crippen MR) is 53.4 cm³/mol. The van der Waals surface area contributed by atoms with E-state index >= 15 is 0 Å². The Morgan fingerprint density at radius 3 is 2.67 bits per heavy atom. The molecule has 0 heterocycles. The summed E-state index contributed by atoms with van der Waals surface area (Å²) in [5.41, 5.74) is 0.0590. The average Bonchev–Trinajstić information content (AvgIpc) is 2.21. The lowest BCUT2D eigenvalue weighted by atomic mass is 10.2. The Hall–Kier alpha value is -1.62. The summed E-state index contributed by atoms with van der Waals surface area (Å²) in [7, 11) is 0. The van der Waals surface area contributed by atoms with Crippen LogP contribution in [-0.2, 0) is 6.61 Å². The maximum Gasteiger partial charge on any atom is 0.411 e. The van der Waals surface area contributed by atoms with Gasteiger partial charge in [0.2, 0.25) is 0 Å². The zero-order chi connectivity index (χ0) is 11.4. The van der Waals surface area contributed by atoms with Crippen molar-refractivity contribution in [2.75, 3.05) is 11.4 Å². The molecule has 5 heteroatoms. The monoisotopic (exact) mass is 213 g/mol. The van der Waals surface area contributed by atoms with Crippen LogP contribution < -0.4 is 4.90 Å². The smallest absolute Gasteiger partial charge is 0.411 e. The number of aliphatic hydroxyl groups excluding tert-OH is 1. The number of halogens is 1. The molecule has 0 fully saturated rings. The van der Waals surface area contributed by atoms with Gasteiger partial charge in [0, 0.05) is 12.1 Å². The lowest BCUT2D eigenvalue weighted by molar-refractivity contribution is 0.202. The SMILES string of the molecule is CCN(C(=O)O)c1cccc(CO)c1F. The molecule has 0 atom stereocenters. The van der Waals surface area contributed by atoms with E-state index in [-0.39, 0.29) is 17.8 Å². The van der Waals surface area contributed by atoms with Crippen LogP contribution in [0.25, 0.3) is 0 Å². The number of carboxylic acid groups (broad SMARTS) is 1. The van der Waals surface area contributed by atoms with Gasteiger partial charge in [-0.2, -0.15) is 0 Å². The summed E-state index contributed by atoms with van der Waals surface area (Å²) in [6, 6.07) is 4.29. The molecule has 0 radical (unpaired) electrons. The largest absolute Gasteiger partial charge is 0.465 e. The minimum atomic E-state index is -1.22. The van der Waals surface area contributed by atoms with Crippen LogP contribution in [-0.4, -0.2) is 22.9 Å². The molecule has 1 aromatic rings. The maximum absolute atomic E-state index is 13.6. The van der Waals surface area contributed by atoms with Crippen LogP contribution in [0.3, 0.4) is 0 Å². The van der Waals surface area contributed by atoms with Crippen molar-refractivity contribution in [1.29, 1.82) is 0 Å². The van der Waals surface area contributed by atoms with Crippen molar-refractivity contribution in [3.05, 3.63) is 29.6 Å². The summed E-state index contributed by atoms with van der Waals surface area (Å²) in [6.07, 6.45) is -1.22. The van der Waals surface area contributed by atoms with Gasteiger partial charge in [-0.15, -0.1) is 0 Å². The number of benzene rings is 1. The van der Waals surface area contributed by atoms with Gasteiger partial charge in [0.1, 0.15) is 0 Å². The van der Waals surface area contributed by atoms with Gasteiger partial charge in [0.15, 0.2) is 5.82 Å². The Balaban J connectivity index is 3.18. The van der Waals surface area contributed by atoms with Crippen LogP contribution in [0.2, 0.25) is 0 Å². The molecule has 0 bridgehead atoms. The van der Waals surface area contributed by atoms with E-state index in [9.17, 15) is 9.18 Å². The number of nitrogens with zero attached hydrogens (tertiary/aromatic N) is 1. The zero-order valence-corrected chi connectivity index (χ0v) is 8.27. The van der Waals surface area contributed by atoms with E-state index in [2.05, 4.69) is 0 Å². The molecule has 0 saturated carbocycles. The van der Waals surface area contributed by atoms with Gasteiger partial charge in [-0.05, 0) is 13.0 Å². The van der Waals surface area contributed by atoms with E-state index in [1.807, 2.05) is 0 Å². The number of rotatable bonds is 3. The summed E-state index contributed by atoms with van der Waals surface area (Å²) in [5.74, 6) is -0.691. The van der Waals surface area contributed by atoms with Crippen molar-refractivity contribution >= 4 is 11.8 Å². The Kier molecular flexibility index (Phi) is 3.62. The minimum Gasteiger partial charge on any atom is -0.465 e. The molecule has 2 N–H and O–H groups in total. The highest BCUT2D eigenvalue weighted by molar-refractivity contribution is 5.86. The molecular weight excluding hydrogens is 201 g/mol. The van der Waals surface area contributed by atoms with Gasteiger partial charge < -0.3 is 10.2 Å². The molecule has 0 aliphatic heterocycles. The van der Waals surface area contributed by atoms with Gasteiger partial charge in [-0.1, -0.05) is 12.1 Å². The van der Waals surface area contributed by atoms with E-state index in [1.54, 1.807) is 6.92 Å². The van der Waals surface area contributed by atoms with E-state index in [1.165, 1.54) is 18.2 Å². The standard InChI is InChI=1S/C10H12FNO3/c1-2-12(10(14)15)8-5-3-4-7(6-13)9(8)11/h3-5,13H,2,6H2,1H3,(H,14,15). The van der Waals surface area contributed by atoms with Gasteiger partial charge >= 0.3 is 6.09 Å². The molecule has 0 aliphatic rings. The van der Waals surface area contributed by atoms with Crippen LogP contribution in [0, 0.1) is 5.82 Å². The maximum atomic E-state index is 13.6. The van der Waals surface area contributed by atoms with Gasteiger partial charge in [0.05, 0.1) is 12.3 Å². The van der Waals surface area contributed by atoms with Gasteiger partial charge in [-0.25, -0.2) is 9.18 Å². The topological polar surface area (TPSA) is 60.8 Å². The van der Waals surface area contributed by atoms with Crippen LogP contribution in [0.5, 0.6) is 0 Å². The lowest BCUT2D eigenvalue weighted by Crippen LogP contribution is -2.29. The fourth-order valence-corrected chi connectivity index (χ4v) is 1.31. The zero-order valence-electron chi connectivity index (χ0n) is 8.27. The molecule has 1 aromatic carbocycles. The molecule has 15 heavy (non-hydrogen) atoms. The van der Waals surface area contributed by atoms with E-state index in [0.29, 0.717) is 0 Å². The molecule has 1 rings (SSSR count). The first-order chi connectivity index (χ1) is 7.11. The van der Waals surface area contributed by atoms with E-state index in [0.717, 1.165) is 4.90 Å². The second kappa shape index (κ2) is 4.75. The molecule has 0 saturated heterocycles. The second-order valence-electron chi connectivity index (χ2n) is 2.94. The fraction of sp³-hybridized carbons (Fsp3) is 0.300. The third-order valence-electron chi connectivity index (χ3n) is 2.07. The fourth-order valence-electron chi connectivity index (χ4n) is 1.31. The van der Waals surface area contributed by atoms with E-state index in [4.69, 9.17) is 10.2 Å². The number of amides is 1. The highest BCUT2D eigenvalue weighted by atomic mass is 19.1. The van der Waals surface area contributed by atoms with E-state index < -0.39 is 18.5 Å². The molecule has 82 valence electrons. The first-order valence-corrected chi connectivity index (χ1v) is 4.50. The quantitative estimate of drug-likeness (QED) is 0.805. The van der Waals surface area contributed by atoms with Gasteiger partial charge in [0.25, 0.3) is 0 Å². The molecule has 0 aliphatic carbocycles. The third kappa shape index (κ3) is 2.24. The summed E-state index contributed by atoms with van der Waals surface area (Å²) >= 11 is 0. The van der Waals surface area contributed by atoms with Crippen molar-refractivity contribution in [3.8, 4) is 0 Å². The Bertz CT molecular complexity index is 368. The van der Waals surface area contributed by atoms with Gasteiger partial charge in [-0.3, -0.25) is 4.90 Å². The Morgan fingerprint density at radius 1 is 1.53 bits per heavy atom. The van der Waals surface area contributed by atoms with Crippen LogP contribution in [0.15, 0.2) is 18.2 Å². The van der Waals surface area contributed by atoms with Crippen molar-refractivity contribution in [1.82, 2.24) is 0 Å². The summed E-state index contributed by atoms with van der Waals surface area (Å²) in [6.45, 7) is 1.32. The Labute approximate surface area is 86.6 Å². The molecule has 4 nitrogen and oxygen atoms in total. The normalized spacial score (nSPS) is 10.1. The summed E-state index contributed by atoms with van der Waals surface area (Å²) in [4.78, 5) is 11.7. The highest BCUT2D eigenvalue weighted by Gasteiger charge is 2.17. The van der Waals surface area contributed by atoms with Crippen molar-refractivity contribution in [3.63, 3.8) is 0 Å². The minimum absolute atomic E-state index is 0.0310.